The summed E-state index contributed by atoms with van der Waals surface area (Å²) in [6, 6.07) is 7.51. The third-order valence-electron chi connectivity index (χ3n) is 3.87. The Morgan fingerprint density at radius 2 is 2.00 bits per heavy atom. The highest BCUT2D eigenvalue weighted by molar-refractivity contribution is 5.76. The van der Waals surface area contributed by atoms with Crippen molar-refractivity contribution in [2.24, 2.45) is 5.92 Å². The zero-order valence-electron chi connectivity index (χ0n) is 13.0. The fourth-order valence-electron chi connectivity index (χ4n) is 2.66. The van der Waals surface area contributed by atoms with E-state index in [0.717, 1.165) is 37.4 Å². The van der Waals surface area contributed by atoms with E-state index in [0.29, 0.717) is 18.9 Å². The Morgan fingerprint density at radius 3 is 2.67 bits per heavy atom. The Labute approximate surface area is 127 Å². The second-order valence-corrected chi connectivity index (χ2v) is 5.71. The zero-order chi connectivity index (χ0) is 15.1. The van der Waals surface area contributed by atoms with Crippen molar-refractivity contribution >= 4 is 5.91 Å². The van der Waals surface area contributed by atoms with Crippen molar-refractivity contribution in [3.63, 3.8) is 0 Å². The number of ether oxygens (including phenoxy) is 2. The summed E-state index contributed by atoms with van der Waals surface area (Å²) in [7, 11) is 1.64. The topological polar surface area (TPSA) is 38.8 Å². The molecule has 1 saturated heterocycles. The van der Waals surface area contributed by atoms with E-state index in [4.69, 9.17) is 9.47 Å². The quantitative estimate of drug-likeness (QED) is 0.756. The van der Waals surface area contributed by atoms with Crippen molar-refractivity contribution in [2.75, 3.05) is 26.8 Å². The first-order valence-electron chi connectivity index (χ1n) is 7.73. The number of benzene rings is 1. The van der Waals surface area contributed by atoms with Gasteiger partial charge in [-0.2, -0.15) is 0 Å². The van der Waals surface area contributed by atoms with Gasteiger partial charge in [-0.05, 0) is 49.4 Å². The van der Waals surface area contributed by atoms with Crippen LogP contribution >= 0.6 is 0 Å². The summed E-state index contributed by atoms with van der Waals surface area (Å²) in [5, 5.41) is 0. The summed E-state index contributed by atoms with van der Waals surface area (Å²) in [5.74, 6) is 2.53. The van der Waals surface area contributed by atoms with Crippen LogP contribution in [0.3, 0.4) is 0 Å². The SMILES string of the molecule is COc1ccc(OCCCC(=O)N2CCC[C@@H](C)C2)cc1. The van der Waals surface area contributed by atoms with E-state index in [-0.39, 0.29) is 5.91 Å². The van der Waals surface area contributed by atoms with Crippen molar-refractivity contribution in [2.45, 2.75) is 32.6 Å². The maximum Gasteiger partial charge on any atom is 0.222 e. The molecular formula is C17H25NO3. The highest BCUT2D eigenvalue weighted by atomic mass is 16.5. The molecule has 1 heterocycles. The summed E-state index contributed by atoms with van der Waals surface area (Å²) in [4.78, 5) is 14.1. The maximum atomic E-state index is 12.1. The van der Waals surface area contributed by atoms with Gasteiger partial charge in [0, 0.05) is 19.5 Å². The molecule has 0 bridgehead atoms. The fraction of sp³-hybridized carbons (Fsp3) is 0.588. The second-order valence-electron chi connectivity index (χ2n) is 5.71. The monoisotopic (exact) mass is 291 g/mol. The van der Waals surface area contributed by atoms with Gasteiger partial charge in [-0.15, -0.1) is 0 Å². The number of amides is 1. The van der Waals surface area contributed by atoms with Crippen LogP contribution in [0.25, 0.3) is 0 Å². The molecule has 0 unspecified atom stereocenters. The lowest BCUT2D eigenvalue weighted by atomic mass is 10.00. The van der Waals surface area contributed by atoms with E-state index < -0.39 is 0 Å². The number of methoxy groups -OCH3 is 1. The van der Waals surface area contributed by atoms with Crippen LogP contribution in [-0.2, 0) is 4.79 Å². The number of nitrogens with zero attached hydrogens (tertiary/aromatic N) is 1. The molecule has 2 rings (SSSR count). The molecule has 1 fully saturated rings. The number of hydrogen-bond donors (Lipinski definition) is 0. The molecule has 0 radical (unpaired) electrons. The Kier molecular flexibility index (Phi) is 5.90. The third-order valence-corrected chi connectivity index (χ3v) is 3.87. The summed E-state index contributed by atoms with van der Waals surface area (Å²) in [5.41, 5.74) is 0. The van der Waals surface area contributed by atoms with Crippen LogP contribution in [-0.4, -0.2) is 37.6 Å². The lowest BCUT2D eigenvalue weighted by Crippen LogP contribution is -2.39. The first kappa shape index (κ1) is 15.7. The van der Waals surface area contributed by atoms with Crippen LogP contribution in [0.5, 0.6) is 11.5 Å². The van der Waals surface area contributed by atoms with Crippen molar-refractivity contribution in [3.8, 4) is 11.5 Å². The average Bonchev–Trinajstić information content (AvgIpc) is 2.52. The highest BCUT2D eigenvalue weighted by Gasteiger charge is 2.20. The van der Waals surface area contributed by atoms with Crippen LogP contribution in [0.4, 0.5) is 0 Å². The molecule has 0 aromatic heterocycles. The molecule has 1 amide bonds. The van der Waals surface area contributed by atoms with Crippen molar-refractivity contribution in [3.05, 3.63) is 24.3 Å². The predicted octanol–water partition coefficient (Wildman–Crippen LogP) is 3.11. The fourth-order valence-corrected chi connectivity index (χ4v) is 2.66. The van der Waals surface area contributed by atoms with Gasteiger partial charge in [-0.1, -0.05) is 6.92 Å². The highest BCUT2D eigenvalue weighted by Crippen LogP contribution is 2.18. The number of hydrogen-bond acceptors (Lipinski definition) is 3. The standard InChI is InChI=1S/C17H25NO3/c1-14-5-3-11-18(13-14)17(19)6-4-12-21-16-9-7-15(20-2)8-10-16/h7-10,14H,3-6,11-13H2,1-2H3/t14-/m1/s1. The van der Waals surface area contributed by atoms with Crippen molar-refractivity contribution in [1.29, 1.82) is 0 Å². The van der Waals surface area contributed by atoms with E-state index in [1.165, 1.54) is 6.42 Å². The number of carbonyl (C=O) groups excluding carboxylic acids is 1. The van der Waals surface area contributed by atoms with Gasteiger partial charge in [-0.25, -0.2) is 0 Å². The lowest BCUT2D eigenvalue weighted by molar-refractivity contribution is -0.133. The van der Waals surface area contributed by atoms with Gasteiger partial charge in [0.25, 0.3) is 0 Å². The molecule has 0 aliphatic carbocycles. The van der Waals surface area contributed by atoms with Gasteiger partial charge < -0.3 is 14.4 Å². The Balaban J connectivity index is 1.65. The minimum Gasteiger partial charge on any atom is -0.497 e. The Morgan fingerprint density at radius 1 is 1.29 bits per heavy atom. The summed E-state index contributed by atoms with van der Waals surface area (Å²) in [6.45, 7) is 4.62. The molecule has 4 heteroatoms. The number of piperidine rings is 1. The summed E-state index contributed by atoms with van der Waals surface area (Å²) < 4.78 is 10.7. The van der Waals surface area contributed by atoms with Gasteiger partial charge in [0.15, 0.2) is 0 Å². The first-order chi connectivity index (χ1) is 10.2. The van der Waals surface area contributed by atoms with Gasteiger partial charge >= 0.3 is 0 Å². The first-order valence-corrected chi connectivity index (χ1v) is 7.73. The van der Waals surface area contributed by atoms with Crippen LogP contribution in [0.2, 0.25) is 0 Å². The van der Waals surface area contributed by atoms with Crippen LogP contribution in [0.15, 0.2) is 24.3 Å². The van der Waals surface area contributed by atoms with E-state index in [2.05, 4.69) is 6.92 Å². The van der Waals surface area contributed by atoms with Gasteiger partial charge in [-0.3, -0.25) is 4.79 Å². The molecule has 1 aliphatic rings. The minimum atomic E-state index is 0.264. The summed E-state index contributed by atoms with van der Waals surface area (Å²) >= 11 is 0. The summed E-state index contributed by atoms with van der Waals surface area (Å²) in [6.07, 6.45) is 3.71. The molecule has 1 aliphatic heterocycles. The van der Waals surface area contributed by atoms with E-state index in [1.54, 1.807) is 7.11 Å². The van der Waals surface area contributed by atoms with Crippen molar-refractivity contribution < 1.29 is 14.3 Å². The van der Waals surface area contributed by atoms with E-state index in [9.17, 15) is 4.79 Å². The van der Waals surface area contributed by atoms with Crippen molar-refractivity contribution in [1.82, 2.24) is 4.90 Å². The Bertz CT molecular complexity index is 444. The van der Waals surface area contributed by atoms with Crippen LogP contribution in [0, 0.1) is 5.92 Å². The smallest absolute Gasteiger partial charge is 0.222 e. The number of rotatable bonds is 6. The molecule has 0 N–H and O–H groups in total. The molecule has 0 spiro atoms. The molecule has 0 saturated carbocycles. The second kappa shape index (κ2) is 7.91. The third kappa shape index (κ3) is 4.96. The van der Waals surface area contributed by atoms with Gasteiger partial charge in [0.05, 0.1) is 13.7 Å². The van der Waals surface area contributed by atoms with E-state index in [1.807, 2.05) is 29.2 Å². The predicted molar refractivity (Wildman–Crippen MR) is 82.7 cm³/mol. The molecule has 1 atom stereocenters. The van der Waals surface area contributed by atoms with E-state index >= 15 is 0 Å². The largest absolute Gasteiger partial charge is 0.497 e. The molecule has 4 nitrogen and oxygen atoms in total. The van der Waals surface area contributed by atoms with Crippen LogP contribution in [0.1, 0.15) is 32.6 Å². The average molecular weight is 291 g/mol. The molecule has 116 valence electrons. The number of likely N-dealkylation sites (tertiary alicyclic amines) is 1. The Hall–Kier alpha value is -1.71. The zero-order valence-corrected chi connectivity index (χ0v) is 13.0. The van der Waals surface area contributed by atoms with Crippen LogP contribution < -0.4 is 9.47 Å². The molecular weight excluding hydrogens is 266 g/mol. The van der Waals surface area contributed by atoms with Gasteiger partial charge in [0.1, 0.15) is 11.5 Å². The molecule has 1 aromatic rings. The normalized spacial score (nSPS) is 18.4. The minimum absolute atomic E-state index is 0.264. The lowest BCUT2D eigenvalue weighted by Gasteiger charge is -2.31. The molecule has 1 aromatic carbocycles. The van der Waals surface area contributed by atoms with Gasteiger partial charge in [0.2, 0.25) is 5.91 Å². The maximum absolute atomic E-state index is 12.1. The number of carbonyl (C=O) groups is 1. The molecule has 21 heavy (non-hydrogen) atoms.